The van der Waals surface area contributed by atoms with Crippen molar-refractivity contribution in [3.8, 4) is 11.6 Å². The quantitative estimate of drug-likeness (QED) is 0.915. The van der Waals surface area contributed by atoms with Crippen molar-refractivity contribution in [3.05, 3.63) is 52.7 Å². The first-order valence-corrected chi connectivity index (χ1v) is 6.72. The Morgan fingerprint density at radius 2 is 2.11 bits per heavy atom. The van der Waals surface area contributed by atoms with E-state index in [1.807, 2.05) is 31.2 Å². The number of hydrogen-bond acceptors (Lipinski definition) is 3. The van der Waals surface area contributed by atoms with Gasteiger partial charge in [-0.2, -0.15) is 0 Å². The van der Waals surface area contributed by atoms with Crippen LogP contribution < -0.4 is 10.5 Å². The molecule has 1 aliphatic rings. The zero-order chi connectivity index (χ0) is 13.2. The normalized spacial score (nSPS) is 13.4. The van der Waals surface area contributed by atoms with Gasteiger partial charge in [-0.25, -0.2) is 4.98 Å². The largest absolute Gasteiger partial charge is 0.439 e. The van der Waals surface area contributed by atoms with Crippen LogP contribution in [0.4, 0.5) is 0 Å². The Balaban J connectivity index is 1.88. The number of aryl methyl sites for hydroxylation is 3. The minimum Gasteiger partial charge on any atom is -0.439 e. The summed E-state index contributed by atoms with van der Waals surface area (Å²) >= 11 is 0. The van der Waals surface area contributed by atoms with E-state index in [9.17, 15) is 0 Å². The highest BCUT2D eigenvalue weighted by Gasteiger charge is 2.13. The van der Waals surface area contributed by atoms with Gasteiger partial charge in [0.2, 0.25) is 5.88 Å². The van der Waals surface area contributed by atoms with Crippen molar-refractivity contribution in [1.82, 2.24) is 4.98 Å². The van der Waals surface area contributed by atoms with Gasteiger partial charge in [0.05, 0.1) is 0 Å². The van der Waals surface area contributed by atoms with Crippen LogP contribution in [0, 0.1) is 6.92 Å². The number of fused-ring (bicyclic) bond motifs is 1. The standard InChI is InChI=1S/C16H18N2O/c1-11-5-6-12(10-17)9-15(11)19-16-8-7-13-3-2-4-14(13)18-16/h5-9H,2-4,10,17H2,1H3. The lowest BCUT2D eigenvalue weighted by molar-refractivity contribution is 0.457. The van der Waals surface area contributed by atoms with Crippen molar-refractivity contribution in [2.24, 2.45) is 5.73 Å². The summed E-state index contributed by atoms with van der Waals surface area (Å²) in [6.07, 6.45) is 3.41. The fourth-order valence-electron chi connectivity index (χ4n) is 2.45. The van der Waals surface area contributed by atoms with Crippen LogP contribution in [0.25, 0.3) is 0 Å². The van der Waals surface area contributed by atoms with Crippen LogP contribution in [-0.4, -0.2) is 4.98 Å². The number of pyridine rings is 1. The maximum absolute atomic E-state index is 5.91. The predicted octanol–water partition coefficient (Wildman–Crippen LogP) is 3.13. The lowest BCUT2D eigenvalue weighted by Crippen LogP contribution is -1.98. The van der Waals surface area contributed by atoms with Gasteiger partial charge in [-0.05, 0) is 48.9 Å². The number of nitrogens with zero attached hydrogens (tertiary/aromatic N) is 1. The predicted molar refractivity (Wildman–Crippen MR) is 75.4 cm³/mol. The first kappa shape index (κ1) is 12.2. The van der Waals surface area contributed by atoms with E-state index in [4.69, 9.17) is 10.5 Å². The van der Waals surface area contributed by atoms with Crippen LogP contribution >= 0.6 is 0 Å². The number of ether oxygens (including phenoxy) is 1. The molecule has 0 bridgehead atoms. The lowest BCUT2D eigenvalue weighted by Gasteiger charge is -2.10. The molecule has 98 valence electrons. The summed E-state index contributed by atoms with van der Waals surface area (Å²) in [6.45, 7) is 2.55. The second kappa shape index (κ2) is 5.02. The summed E-state index contributed by atoms with van der Waals surface area (Å²) in [5.41, 5.74) is 10.4. The molecule has 0 unspecified atom stereocenters. The van der Waals surface area contributed by atoms with Gasteiger partial charge in [-0.3, -0.25) is 0 Å². The summed E-state index contributed by atoms with van der Waals surface area (Å²) in [4.78, 5) is 4.59. The number of rotatable bonds is 3. The Labute approximate surface area is 113 Å². The van der Waals surface area contributed by atoms with Crippen molar-refractivity contribution >= 4 is 0 Å². The number of benzene rings is 1. The van der Waals surface area contributed by atoms with E-state index < -0.39 is 0 Å². The van der Waals surface area contributed by atoms with E-state index in [1.165, 1.54) is 17.7 Å². The Kier molecular flexibility index (Phi) is 3.22. The third kappa shape index (κ3) is 2.47. The molecule has 3 rings (SSSR count). The molecule has 2 N–H and O–H groups in total. The summed E-state index contributed by atoms with van der Waals surface area (Å²) in [7, 11) is 0. The van der Waals surface area contributed by atoms with Crippen LogP contribution in [0.15, 0.2) is 30.3 Å². The van der Waals surface area contributed by atoms with E-state index in [0.29, 0.717) is 12.4 Å². The van der Waals surface area contributed by atoms with E-state index in [-0.39, 0.29) is 0 Å². The van der Waals surface area contributed by atoms with E-state index in [1.54, 1.807) is 0 Å². The van der Waals surface area contributed by atoms with Gasteiger partial charge < -0.3 is 10.5 Å². The van der Waals surface area contributed by atoms with Crippen LogP contribution in [0.3, 0.4) is 0 Å². The Hall–Kier alpha value is -1.87. The van der Waals surface area contributed by atoms with Crippen molar-refractivity contribution < 1.29 is 4.74 Å². The zero-order valence-corrected chi connectivity index (χ0v) is 11.1. The summed E-state index contributed by atoms with van der Waals surface area (Å²) in [5, 5.41) is 0. The number of aromatic nitrogens is 1. The maximum atomic E-state index is 5.91. The summed E-state index contributed by atoms with van der Waals surface area (Å²) in [6, 6.07) is 10.1. The van der Waals surface area contributed by atoms with E-state index in [2.05, 4.69) is 11.1 Å². The minimum absolute atomic E-state index is 0.522. The molecule has 3 nitrogen and oxygen atoms in total. The summed E-state index contributed by atoms with van der Waals surface area (Å²) in [5.74, 6) is 1.52. The highest BCUT2D eigenvalue weighted by atomic mass is 16.5. The number of hydrogen-bond donors (Lipinski definition) is 1. The average molecular weight is 254 g/mol. The average Bonchev–Trinajstić information content (AvgIpc) is 2.89. The van der Waals surface area contributed by atoms with Crippen LogP contribution in [0.2, 0.25) is 0 Å². The van der Waals surface area contributed by atoms with E-state index in [0.717, 1.165) is 29.7 Å². The maximum Gasteiger partial charge on any atom is 0.219 e. The third-order valence-electron chi connectivity index (χ3n) is 3.61. The fraction of sp³-hybridized carbons (Fsp3) is 0.312. The minimum atomic E-state index is 0.522. The molecular weight excluding hydrogens is 236 g/mol. The molecule has 0 fully saturated rings. The SMILES string of the molecule is Cc1ccc(CN)cc1Oc1ccc2c(n1)CCC2. The molecule has 2 aromatic rings. The molecule has 0 atom stereocenters. The van der Waals surface area contributed by atoms with Crippen molar-refractivity contribution in [3.63, 3.8) is 0 Å². The molecule has 0 saturated heterocycles. The van der Waals surface area contributed by atoms with E-state index >= 15 is 0 Å². The molecule has 19 heavy (non-hydrogen) atoms. The second-order valence-electron chi connectivity index (χ2n) is 5.01. The second-order valence-corrected chi connectivity index (χ2v) is 5.01. The van der Waals surface area contributed by atoms with Crippen LogP contribution in [-0.2, 0) is 19.4 Å². The molecule has 0 radical (unpaired) electrons. The third-order valence-corrected chi connectivity index (χ3v) is 3.61. The zero-order valence-electron chi connectivity index (χ0n) is 11.1. The smallest absolute Gasteiger partial charge is 0.219 e. The number of nitrogens with two attached hydrogens (primary N) is 1. The van der Waals surface area contributed by atoms with Gasteiger partial charge in [-0.1, -0.05) is 18.2 Å². The molecular formula is C16H18N2O. The van der Waals surface area contributed by atoms with Gasteiger partial charge in [0.15, 0.2) is 0 Å². The molecule has 1 aromatic heterocycles. The highest BCUT2D eigenvalue weighted by molar-refractivity contribution is 5.39. The van der Waals surface area contributed by atoms with Gasteiger partial charge in [0.25, 0.3) is 0 Å². The van der Waals surface area contributed by atoms with Crippen molar-refractivity contribution in [1.29, 1.82) is 0 Å². The Bertz CT molecular complexity index is 608. The molecule has 0 saturated carbocycles. The molecule has 1 aromatic carbocycles. The molecule has 0 amide bonds. The lowest BCUT2D eigenvalue weighted by atomic mass is 10.1. The van der Waals surface area contributed by atoms with Crippen LogP contribution in [0.5, 0.6) is 11.6 Å². The van der Waals surface area contributed by atoms with Gasteiger partial charge in [-0.15, -0.1) is 0 Å². The van der Waals surface area contributed by atoms with Gasteiger partial charge >= 0.3 is 0 Å². The van der Waals surface area contributed by atoms with Crippen molar-refractivity contribution in [2.45, 2.75) is 32.7 Å². The topological polar surface area (TPSA) is 48.1 Å². The summed E-state index contributed by atoms with van der Waals surface area (Å²) < 4.78 is 5.91. The molecule has 0 aliphatic heterocycles. The Morgan fingerprint density at radius 3 is 2.95 bits per heavy atom. The highest BCUT2D eigenvalue weighted by Crippen LogP contribution is 2.28. The molecule has 3 heteroatoms. The molecule has 1 aliphatic carbocycles. The molecule has 0 spiro atoms. The van der Waals surface area contributed by atoms with Crippen LogP contribution in [0.1, 0.15) is 28.8 Å². The monoisotopic (exact) mass is 254 g/mol. The molecule has 1 heterocycles. The van der Waals surface area contributed by atoms with Gasteiger partial charge in [0.1, 0.15) is 5.75 Å². The first-order chi connectivity index (χ1) is 9.26. The fourth-order valence-corrected chi connectivity index (χ4v) is 2.45. The first-order valence-electron chi connectivity index (χ1n) is 6.72. The van der Waals surface area contributed by atoms with Crippen molar-refractivity contribution in [2.75, 3.05) is 0 Å². The van der Waals surface area contributed by atoms with Gasteiger partial charge in [0, 0.05) is 18.3 Å². The Morgan fingerprint density at radius 1 is 1.21 bits per heavy atom.